The van der Waals surface area contributed by atoms with Crippen LogP contribution in [0.5, 0.6) is 0 Å². The Hall–Kier alpha value is -1.44. The molecule has 6 nitrogen and oxygen atoms in total. The molecule has 7 heteroatoms. The summed E-state index contributed by atoms with van der Waals surface area (Å²) in [7, 11) is 0. The topological polar surface area (TPSA) is 61.9 Å². The maximum Gasteiger partial charge on any atom is 0.251 e. The third-order valence-electron chi connectivity index (χ3n) is 5.15. The number of hydrogen-bond acceptors (Lipinski definition) is 4. The van der Waals surface area contributed by atoms with Crippen LogP contribution in [0, 0.1) is 0 Å². The van der Waals surface area contributed by atoms with Crippen molar-refractivity contribution in [2.75, 3.05) is 32.7 Å². The minimum atomic E-state index is -0.226. The van der Waals surface area contributed by atoms with Gasteiger partial charge in [-0.05, 0) is 44.9 Å². The van der Waals surface area contributed by atoms with Gasteiger partial charge in [0.05, 0.1) is 18.8 Å². The SMILES string of the molecule is CC1CN(CC2CCCN2C(=O)CNC(=O)c2cccc(Br)c2)CC(C)O1. The predicted molar refractivity (Wildman–Crippen MR) is 108 cm³/mol. The highest BCUT2D eigenvalue weighted by atomic mass is 79.9. The fraction of sp³-hybridized carbons (Fsp3) is 0.600. The normalized spacial score (nSPS) is 26.2. The van der Waals surface area contributed by atoms with Gasteiger partial charge < -0.3 is 15.0 Å². The van der Waals surface area contributed by atoms with Gasteiger partial charge in [0.1, 0.15) is 0 Å². The second-order valence-corrected chi connectivity index (χ2v) is 8.47. The average Bonchev–Trinajstić information content (AvgIpc) is 3.06. The molecular formula is C20H28BrN3O3. The summed E-state index contributed by atoms with van der Waals surface area (Å²) in [5.41, 5.74) is 0.548. The van der Waals surface area contributed by atoms with Crippen molar-refractivity contribution < 1.29 is 14.3 Å². The third kappa shape index (κ3) is 5.53. The van der Waals surface area contributed by atoms with Crippen molar-refractivity contribution >= 4 is 27.7 Å². The van der Waals surface area contributed by atoms with E-state index in [2.05, 4.69) is 40.0 Å². The van der Waals surface area contributed by atoms with Crippen LogP contribution >= 0.6 is 15.9 Å². The average molecular weight is 438 g/mol. The van der Waals surface area contributed by atoms with Gasteiger partial charge >= 0.3 is 0 Å². The van der Waals surface area contributed by atoms with E-state index < -0.39 is 0 Å². The van der Waals surface area contributed by atoms with Crippen molar-refractivity contribution in [2.24, 2.45) is 0 Å². The second-order valence-electron chi connectivity index (χ2n) is 7.55. The Morgan fingerprint density at radius 2 is 2.00 bits per heavy atom. The Balaban J connectivity index is 1.52. The molecule has 3 rings (SSSR count). The molecular weight excluding hydrogens is 410 g/mol. The maximum absolute atomic E-state index is 12.7. The lowest BCUT2D eigenvalue weighted by atomic mass is 10.1. The molecule has 1 N–H and O–H groups in total. The van der Waals surface area contributed by atoms with Gasteiger partial charge in [-0.15, -0.1) is 0 Å². The third-order valence-corrected chi connectivity index (χ3v) is 5.64. The molecule has 1 aromatic carbocycles. The molecule has 2 aliphatic rings. The largest absolute Gasteiger partial charge is 0.373 e. The zero-order valence-electron chi connectivity index (χ0n) is 16.0. The number of benzene rings is 1. The monoisotopic (exact) mass is 437 g/mol. The Kier molecular flexibility index (Phi) is 6.89. The summed E-state index contributed by atoms with van der Waals surface area (Å²) in [5, 5.41) is 2.76. The zero-order chi connectivity index (χ0) is 19.4. The second kappa shape index (κ2) is 9.17. The zero-order valence-corrected chi connectivity index (χ0v) is 17.6. The summed E-state index contributed by atoms with van der Waals surface area (Å²) in [6.07, 6.45) is 2.49. The summed E-state index contributed by atoms with van der Waals surface area (Å²) in [5.74, 6) is -0.230. The molecule has 0 spiro atoms. The number of amides is 2. The van der Waals surface area contributed by atoms with Crippen molar-refractivity contribution in [3.63, 3.8) is 0 Å². The molecule has 27 heavy (non-hydrogen) atoms. The number of rotatable bonds is 5. The summed E-state index contributed by atoms with van der Waals surface area (Å²) >= 11 is 3.36. The van der Waals surface area contributed by atoms with E-state index in [4.69, 9.17) is 4.74 Å². The lowest BCUT2D eigenvalue weighted by Crippen LogP contribution is -2.52. The molecule has 0 saturated carbocycles. The lowest BCUT2D eigenvalue weighted by molar-refractivity contribution is -0.131. The first-order valence-corrected chi connectivity index (χ1v) is 10.4. The Morgan fingerprint density at radius 3 is 2.70 bits per heavy atom. The van der Waals surface area contributed by atoms with Crippen molar-refractivity contribution in [3.05, 3.63) is 34.3 Å². The molecule has 0 aliphatic carbocycles. The Bertz CT molecular complexity index is 674. The van der Waals surface area contributed by atoms with Gasteiger partial charge in [0.15, 0.2) is 0 Å². The minimum Gasteiger partial charge on any atom is -0.373 e. The fourth-order valence-corrected chi connectivity index (χ4v) is 4.47. The van der Waals surface area contributed by atoms with Gasteiger partial charge in [0.2, 0.25) is 5.91 Å². The first-order valence-electron chi connectivity index (χ1n) is 9.63. The van der Waals surface area contributed by atoms with Crippen molar-refractivity contribution in [1.82, 2.24) is 15.1 Å². The highest BCUT2D eigenvalue weighted by molar-refractivity contribution is 9.10. The number of ether oxygens (including phenoxy) is 1. The van der Waals surface area contributed by atoms with Crippen LogP contribution in [0.25, 0.3) is 0 Å². The lowest BCUT2D eigenvalue weighted by Gasteiger charge is -2.38. The molecule has 2 amide bonds. The predicted octanol–water partition coefficient (Wildman–Crippen LogP) is 2.28. The molecule has 2 saturated heterocycles. The van der Waals surface area contributed by atoms with Crippen LogP contribution in [0.15, 0.2) is 28.7 Å². The molecule has 3 atom stereocenters. The molecule has 148 valence electrons. The standard InChI is InChI=1S/C20H28BrN3O3/c1-14-11-23(12-15(2)27-14)13-18-7-4-8-24(18)19(25)10-22-20(26)16-5-3-6-17(21)9-16/h3,5-6,9,14-15,18H,4,7-8,10-13H2,1-2H3,(H,22,26). The number of morpholine rings is 1. The molecule has 3 unspecified atom stereocenters. The summed E-state index contributed by atoms with van der Waals surface area (Å²) in [6, 6.07) is 7.38. The number of carbonyl (C=O) groups excluding carboxylic acids is 2. The van der Waals surface area contributed by atoms with E-state index in [0.29, 0.717) is 5.56 Å². The molecule has 2 aliphatic heterocycles. The van der Waals surface area contributed by atoms with Crippen LogP contribution in [-0.4, -0.2) is 72.6 Å². The smallest absolute Gasteiger partial charge is 0.251 e. The van der Waals surface area contributed by atoms with E-state index in [9.17, 15) is 9.59 Å². The van der Waals surface area contributed by atoms with Crippen LogP contribution in [-0.2, 0) is 9.53 Å². The van der Waals surface area contributed by atoms with Gasteiger partial charge in [-0.1, -0.05) is 22.0 Å². The number of hydrogen-bond donors (Lipinski definition) is 1. The Morgan fingerprint density at radius 1 is 1.26 bits per heavy atom. The van der Waals surface area contributed by atoms with E-state index in [1.165, 1.54) is 0 Å². The molecule has 1 aromatic rings. The number of halogens is 1. The van der Waals surface area contributed by atoms with E-state index in [1.807, 2.05) is 17.0 Å². The quantitative estimate of drug-likeness (QED) is 0.767. The van der Waals surface area contributed by atoms with Crippen LogP contribution in [0.3, 0.4) is 0 Å². The van der Waals surface area contributed by atoms with Crippen LogP contribution in [0.2, 0.25) is 0 Å². The first-order chi connectivity index (χ1) is 12.9. The number of likely N-dealkylation sites (tertiary alicyclic amines) is 1. The van der Waals surface area contributed by atoms with Gasteiger partial charge in [-0.2, -0.15) is 0 Å². The van der Waals surface area contributed by atoms with E-state index >= 15 is 0 Å². The van der Waals surface area contributed by atoms with Crippen molar-refractivity contribution in [2.45, 2.75) is 44.9 Å². The first kappa shape index (κ1) is 20.3. The van der Waals surface area contributed by atoms with Crippen LogP contribution < -0.4 is 5.32 Å². The number of carbonyl (C=O) groups is 2. The van der Waals surface area contributed by atoms with Gasteiger partial charge in [0.25, 0.3) is 5.91 Å². The molecule has 0 radical (unpaired) electrons. The van der Waals surface area contributed by atoms with Gasteiger partial charge in [-0.25, -0.2) is 0 Å². The number of nitrogens with one attached hydrogen (secondary N) is 1. The fourth-order valence-electron chi connectivity index (χ4n) is 4.07. The highest BCUT2D eigenvalue weighted by Gasteiger charge is 2.32. The van der Waals surface area contributed by atoms with Gasteiger partial charge in [0, 0.05) is 42.3 Å². The van der Waals surface area contributed by atoms with Crippen molar-refractivity contribution in [3.8, 4) is 0 Å². The highest BCUT2D eigenvalue weighted by Crippen LogP contribution is 2.20. The Labute approximate surface area is 169 Å². The van der Waals surface area contributed by atoms with E-state index in [-0.39, 0.29) is 36.6 Å². The van der Waals surface area contributed by atoms with Crippen molar-refractivity contribution in [1.29, 1.82) is 0 Å². The van der Waals surface area contributed by atoms with E-state index in [0.717, 1.165) is 43.5 Å². The molecule has 0 bridgehead atoms. The minimum absolute atomic E-state index is 0.00444. The van der Waals surface area contributed by atoms with Crippen LogP contribution in [0.4, 0.5) is 0 Å². The van der Waals surface area contributed by atoms with Crippen LogP contribution in [0.1, 0.15) is 37.0 Å². The van der Waals surface area contributed by atoms with Gasteiger partial charge in [-0.3, -0.25) is 14.5 Å². The summed E-state index contributed by atoms with van der Waals surface area (Å²) in [4.78, 5) is 29.3. The number of nitrogens with zero attached hydrogens (tertiary/aromatic N) is 2. The molecule has 0 aromatic heterocycles. The maximum atomic E-state index is 12.7. The van der Waals surface area contributed by atoms with E-state index in [1.54, 1.807) is 12.1 Å². The molecule has 2 heterocycles. The molecule has 2 fully saturated rings. The summed E-state index contributed by atoms with van der Waals surface area (Å²) < 4.78 is 6.64. The summed E-state index contributed by atoms with van der Waals surface area (Å²) in [6.45, 7) is 7.69.